The summed E-state index contributed by atoms with van der Waals surface area (Å²) in [4.78, 5) is 0.133. The quantitative estimate of drug-likeness (QED) is 0.643. The molecule has 7 nitrogen and oxygen atoms in total. The van der Waals surface area contributed by atoms with E-state index in [4.69, 9.17) is 10.5 Å². The van der Waals surface area contributed by atoms with Gasteiger partial charge in [0, 0.05) is 19.7 Å². The summed E-state index contributed by atoms with van der Waals surface area (Å²) in [7, 11) is -3.61. The van der Waals surface area contributed by atoms with Crippen LogP contribution in [0.25, 0.3) is 0 Å². The largest absolute Gasteiger partial charge is 0.377 e. The molecule has 1 rings (SSSR count). The first-order chi connectivity index (χ1) is 8.42. The Balaban J connectivity index is 2.83. The fraction of sp³-hybridized carbons (Fsp3) is 0.700. The van der Waals surface area contributed by atoms with E-state index in [1.807, 2.05) is 6.92 Å². The maximum atomic E-state index is 12.1. The van der Waals surface area contributed by atoms with Crippen LogP contribution in [0.2, 0.25) is 0 Å². The molecule has 104 valence electrons. The molecule has 1 atom stereocenters. The Morgan fingerprint density at radius 1 is 1.56 bits per heavy atom. The average molecular weight is 276 g/mol. The molecule has 0 aliphatic rings. The van der Waals surface area contributed by atoms with E-state index in [-0.39, 0.29) is 24.1 Å². The van der Waals surface area contributed by atoms with Gasteiger partial charge >= 0.3 is 0 Å². The zero-order chi connectivity index (χ0) is 13.8. The minimum absolute atomic E-state index is 0.0710. The lowest BCUT2D eigenvalue weighted by molar-refractivity contribution is 0.0799. The molecule has 0 aliphatic carbocycles. The fourth-order valence-electron chi connectivity index (χ4n) is 1.61. The van der Waals surface area contributed by atoms with Gasteiger partial charge in [-0.25, -0.2) is 13.1 Å². The van der Waals surface area contributed by atoms with Crippen molar-refractivity contribution in [3.63, 3.8) is 0 Å². The molecule has 0 fully saturated rings. The summed E-state index contributed by atoms with van der Waals surface area (Å²) in [6.07, 6.45) is -0.182. The van der Waals surface area contributed by atoms with Gasteiger partial charge in [-0.3, -0.25) is 5.10 Å². The van der Waals surface area contributed by atoms with Crippen LogP contribution in [0, 0.1) is 6.92 Å². The number of aryl methyl sites for hydroxylation is 1. The number of sulfonamides is 1. The third kappa shape index (κ3) is 3.52. The molecular weight excluding hydrogens is 256 g/mol. The average Bonchev–Trinajstić information content (AvgIpc) is 2.69. The molecule has 18 heavy (non-hydrogen) atoms. The van der Waals surface area contributed by atoms with Crippen LogP contribution < -0.4 is 10.5 Å². The molecule has 0 aliphatic heterocycles. The van der Waals surface area contributed by atoms with Crippen LogP contribution in [0.4, 0.5) is 0 Å². The molecule has 1 aromatic heterocycles. The minimum Gasteiger partial charge on any atom is -0.377 e. The smallest absolute Gasteiger partial charge is 0.244 e. The van der Waals surface area contributed by atoms with Gasteiger partial charge in [-0.05, 0) is 20.8 Å². The van der Waals surface area contributed by atoms with Gasteiger partial charge in [0.2, 0.25) is 10.0 Å². The summed E-state index contributed by atoms with van der Waals surface area (Å²) in [5, 5.41) is 6.49. The standard InChI is InChI=1S/C10H20N4O3S/c1-4-17-7(2)6-12-18(15,16)10-8(3)13-14-9(10)5-11/h7,12H,4-6,11H2,1-3H3,(H,13,14). The number of nitrogens with zero attached hydrogens (tertiary/aromatic N) is 1. The van der Waals surface area contributed by atoms with Crippen LogP contribution in [-0.2, 0) is 21.3 Å². The third-order valence-corrected chi connectivity index (χ3v) is 4.06. The van der Waals surface area contributed by atoms with Crippen molar-refractivity contribution in [2.24, 2.45) is 5.73 Å². The van der Waals surface area contributed by atoms with E-state index in [1.165, 1.54) is 0 Å². The molecule has 0 amide bonds. The first-order valence-electron chi connectivity index (χ1n) is 5.77. The van der Waals surface area contributed by atoms with Crippen molar-refractivity contribution in [1.29, 1.82) is 0 Å². The van der Waals surface area contributed by atoms with Crippen LogP contribution in [0.3, 0.4) is 0 Å². The fourth-order valence-corrected chi connectivity index (χ4v) is 3.09. The number of aromatic amines is 1. The molecule has 1 aromatic rings. The molecule has 0 bridgehead atoms. The van der Waals surface area contributed by atoms with Crippen molar-refractivity contribution in [2.45, 2.75) is 38.3 Å². The van der Waals surface area contributed by atoms with Gasteiger partial charge < -0.3 is 10.5 Å². The number of aromatic nitrogens is 2. The van der Waals surface area contributed by atoms with Crippen LogP contribution >= 0.6 is 0 Å². The zero-order valence-corrected chi connectivity index (χ0v) is 11.7. The van der Waals surface area contributed by atoms with Gasteiger partial charge in [-0.2, -0.15) is 5.10 Å². The zero-order valence-electron chi connectivity index (χ0n) is 10.9. The van der Waals surface area contributed by atoms with Crippen molar-refractivity contribution in [3.05, 3.63) is 11.4 Å². The van der Waals surface area contributed by atoms with E-state index in [0.29, 0.717) is 18.0 Å². The second-order valence-corrected chi connectivity index (χ2v) is 5.65. The summed E-state index contributed by atoms with van der Waals surface area (Å²) in [5.41, 5.74) is 6.28. The summed E-state index contributed by atoms with van der Waals surface area (Å²) in [6.45, 7) is 6.14. The maximum absolute atomic E-state index is 12.1. The number of nitrogens with one attached hydrogen (secondary N) is 2. The predicted molar refractivity (Wildman–Crippen MR) is 67.5 cm³/mol. The van der Waals surface area contributed by atoms with E-state index < -0.39 is 10.0 Å². The van der Waals surface area contributed by atoms with Crippen LogP contribution in [0.5, 0.6) is 0 Å². The molecule has 4 N–H and O–H groups in total. The molecule has 1 heterocycles. The highest BCUT2D eigenvalue weighted by atomic mass is 32.2. The van der Waals surface area contributed by atoms with Gasteiger partial charge in [0.15, 0.2) is 0 Å². The van der Waals surface area contributed by atoms with Crippen molar-refractivity contribution in [1.82, 2.24) is 14.9 Å². The Morgan fingerprint density at radius 2 is 2.22 bits per heavy atom. The van der Waals surface area contributed by atoms with Crippen LogP contribution in [0.1, 0.15) is 25.2 Å². The van der Waals surface area contributed by atoms with Crippen LogP contribution in [-0.4, -0.2) is 37.9 Å². The Kier molecular flexibility index (Phi) is 5.27. The number of hydrogen-bond acceptors (Lipinski definition) is 5. The molecular formula is C10H20N4O3S. The number of H-pyrrole nitrogens is 1. The number of nitrogens with two attached hydrogens (primary N) is 1. The molecule has 0 saturated heterocycles. The van der Waals surface area contributed by atoms with E-state index in [1.54, 1.807) is 13.8 Å². The highest BCUT2D eigenvalue weighted by molar-refractivity contribution is 7.89. The molecule has 1 unspecified atom stereocenters. The van der Waals surface area contributed by atoms with Gasteiger partial charge in [-0.1, -0.05) is 0 Å². The lowest BCUT2D eigenvalue weighted by atomic mass is 10.4. The molecule has 0 radical (unpaired) electrons. The highest BCUT2D eigenvalue weighted by Crippen LogP contribution is 2.16. The summed E-state index contributed by atoms with van der Waals surface area (Å²) < 4.78 is 32.0. The van der Waals surface area contributed by atoms with Gasteiger partial charge in [0.1, 0.15) is 4.90 Å². The van der Waals surface area contributed by atoms with E-state index in [9.17, 15) is 8.42 Å². The maximum Gasteiger partial charge on any atom is 0.244 e. The molecule has 0 saturated carbocycles. The lowest BCUT2D eigenvalue weighted by Crippen LogP contribution is -2.33. The second-order valence-electron chi connectivity index (χ2n) is 3.95. The van der Waals surface area contributed by atoms with E-state index >= 15 is 0 Å². The van der Waals surface area contributed by atoms with Crippen molar-refractivity contribution < 1.29 is 13.2 Å². The van der Waals surface area contributed by atoms with Crippen LogP contribution in [0.15, 0.2) is 4.90 Å². The second kappa shape index (κ2) is 6.28. The Hall–Kier alpha value is -0.960. The van der Waals surface area contributed by atoms with E-state index in [0.717, 1.165) is 0 Å². The monoisotopic (exact) mass is 276 g/mol. The Morgan fingerprint density at radius 3 is 2.78 bits per heavy atom. The molecule has 0 spiro atoms. The number of hydrogen-bond donors (Lipinski definition) is 3. The summed E-state index contributed by atoms with van der Waals surface area (Å²) >= 11 is 0. The first-order valence-corrected chi connectivity index (χ1v) is 7.25. The van der Waals surface area contributed by atoms with Crippen molar-refractivity contribution in [2.75, 3.05) is 13.2 Å². The van der Waals surface area contributed by atoms with Crippen molar-refractivity contribution in [3.8, 4) is 0 Å². The third-order valence-electron chi connectivity index (χ3n) is 2.44. The first kappa shape index (κ1) is 15.1. The molecule has 0 aromatic carbocycles. The topological polar surface area (TPSA) is 110 Å². The highest BCUT2D eigenvalue weighted by Gasteiger charge is 2.23. The minimum atomic E-state index is -3.61. The summed E-state index contributed by atoms with van der Waals surface area (Å²) in [6, 6.07) is 0. The molecule has 8 heteroatoms. The summed E-state index contributed by atoms with van der Waals surface area (Å²) in [5.74, 6) is 0. The number of rotatable bonds is 7. The van der Waals surface area contributed by atoms with E-state index in [2.05, 4.69) is 14.9 Å². The van der Waals surface area contributed by atoms with Gasteiger partial charge in [0.25, 0.3) is 0 Å². The Labute approximate surface area is 107 Å². The van der Waals surface area contributed by atoms with Crippen molar-refractivity contribution >= 4 is 10.0 Å². The lowest BCUT2D eigenvalue weighted by Gasteiger charge is -2.13. The van der Waals surface area contributed by atoms with Gasteiger partial charge in [0.05, 0.1) is 17.5 Å². The number of ether oxygens (including phenoxy) is 1. The Bertz CT molecular complexity index is 483. The van der Waals surface area contributed by atoms with Gasteiger partial charge in [-0.15, -0.1) is 0 Å². The predicted octanol–water partition coefficient (Wildman–Crippen LogP) is -0.120. The SMILES string of the molecule is CCOC(C)CNS(=O)(=O)c1c(CN)n[nH]c1C. The normalized spacial score (nSPS) is 13.8.